The van der Waals surface area contributed by atoms with Gasteiger partial charge in [0, 0.05) is 17.7 Å². The lowest BCUT2D eigenvalue weighted by Gasteiger charge is -2.13. The minimum atomic E-state index is -0.0932. The zero-order valence-electron chi connectivity index (χ0n) is 11.9. The molecule has 1 saturated carbocycles. The molecular weight excluding hydrogens is 258 g/mol. The van der Waals surface area contributed by atoms with E-state index in [9.17, 15) is 4.79 Å². The average Bonchev–Trinajstić information content (AvgIpc) is 3.27. The number of hydrogen-bond donors (Lipinski definition) is 1. The molecule has 0 aliphatic heterocycles. The fraction of sp³-hybridized carbons (Fsp3) is 0.400. The van der Waals surface area contributed by atoms with Crippen molar-refractivity contribution in [3.63, 3.8) is 0 Å². The van der Waals surface area contributed by atoms with E-state index >= 15 is 0 Å². The molecule has 1 amide bonds. The van der Waals surface area contributed by atoms with Crippen molar-refractivity contribution in [2.45, 2.75) is 18.9 Å². The van der Waals surface area contributed by atoms with E-state index in [2.05, 4.69) is 5.32 Å². The largest absolute Gasteiger partial charge is 0.493 e. The summed E-state index contributed by atoms with van der Waals surface area (Å²) < 4.78 is 15.9. The minimum Gasteiger partial charge on any atom is -0.493 e. The van der Waals surface area contributed by atoms with Gasteiger partial charge in [-0.25, -0.2) is 0 Å². The number of carbonyl (C=O) groups excluding carboxylic acids is 1. The van der Waals surface area contributed by atoms with Gasteiger partial charge in [0.15, 0.2) is 11.5 Å². The molecule has 1 aromatic carbocycles. The Balaban J connectivity index is 2.21. The summed E-state index contributed by atoms with van der Waals surface area (Å²) in [5.74, 6) is 1.55. The normalized spacial score (nSPS) is 14.2. The highest BCUT2D eigenvalue weighted by Crippen LogP contribution is 2.40. The Kier molecular flexibility index (Phi) is 4.50. The molecule has 5 heteroatoms. The monoisotopic (exact) mass is 277 g/mol. The van der Waals surface area contributed by atoms with Crippen LogP contribution in [0, 0.1) is 0 Å². The maximum absolute atomic E-state index is 11.6. The summed E-state index contributed by atoms with van der Waals surface area (Å²) in [4.78, 5) is 11.6. The van der Waals surface area contributed by atoms with E-state index in [0.717, 1.165) is 18.4 Å². The summed E-state index contributed by atoms with van der Waals surface area (Å²) in [5, 5.41) is 2.89. The Morgan fingerprint density at radius 2 is 1.85 bits per heavy atom. The van der Waals surface area contributed by atoms with Crippen molar-refractivity contribution in [2.24, 2.45) is 0 Å². The van der Waals surface area contributed by atoms with E-state index < -0.39 is 0 Å². The zero-order chi connectivity index (χ0) is 14.5. The van der Waals surface area contributed by atoms with Gasteiger partial charge in [0.2, 0.25) is 11.7 Å². The van der Waals surface area contributed by atoms with Crippen molar-refractivity contribution >= 4 is 12.0 Å². The smallest absolute Gasteiger partial charge is 0.244 e. The first-order chi connectivity index (χ1) is 9.69. The van der Waals surface area contributed by atoms with Crippen molar-refractivity contribution in [1.29, 1.82) is 0 Å². The number of nitrogens with one attached hydrogen (secondary N) is 1. The van der Waals surface area contributed by atoms with Crippen LogP contribution in [0.2, 0.25) is 0 Å². The molecule has 2 rings (SSSR count). The highest BCUT2D eigenvalue weighted by Gasteiger charge is 2.22. The Morgan fingerprint density at radius 3 is 2.40 bits per heavy atom. The van der Waals surface area contributed by atoms with Crippen molar-refractivity contribution in [3.05, 3.63) is 23.8 Å². The van der Waals surface area contributed by atoms with Gasteiger partial charge in [-0.2, -0.15) is 0 Å². The summed E-state index contributed by atoms with van der Waals surface area (Å²) in [6.07, 6.45) is 5.35. The second-order valence-electron chi connectivity index (χ2n) is 4.54. The van der Waals surface area contributed by atoms with E-state index in [1.165, 1.54) is 6.08 Å². The third-order valence-corrected chi connectivity index (χ3v) is 3.07. The van der Waals surface area contributed by atoms with Crippen LogP contribution in [-0.2, 0) is 4.79 Å². The van der Waals surface area contributed by atoms with E-state index in [0.29, 0.717) is 23.3 Å². The molecule has 1 aromatic rings. The summed E-state index contributed by atoms with van der Waals surface area (Å²) in [6.45, 7) is 0. The summed E-state index contributed by atoms with van der Waals surface area (Å²) >= 11 is 0. The lowest BCUT2D eigenvalue weighted by Crippen LogP contribution is -2.22. The van der Waals surface area contributed by atoms with Gasteiger partial charge in [0.25, 0.3) is 0 Å². The Hall–Kier alpha value is -2.17. The number of hydrogen-bond acceptors (Lipinski definition) is 4. The van der Waals surface area contributed by atoms with Gasteiger partial charge in [0.05, 0.1) is 21.3 Å². The van der Waals surface area contributed by atoms with Crippen molar-refractivity contribution < 1.29 is 19.0 Å². The van der Waals surface area contributed by atoms with Gasteiger partial charge in [-0.05, 0) is 31.1 Å². The molecule has 0 heterocycles. The second kappa shape index (κ2) is 6.32. The first-order valence-corrected chi connectivity index (χ1v) is 6.47. The number of carbonyl (C=O) groups is 1. The second-order valence-corrected chi connectivity index (χ2v) is 4.54. The molecule has 1 N–H and O–H groups in total. The molecule has 1 fully saturated rings. The van der Waals surface area contributed by atoms with Crippen LogP contribution in [0.1, 0.15) is 18.4 Å². The number of benzene rings is 1. The summed E-state index contributed by atoms with van der Waals surface area (Å²) in [6, 6.07) is 3.94. The Bertz CT molecular complexity index is 521. The molecule has 0 spiro atoms. The first kappa shape index (κ1) is 14.2. The molecule has 0 atom stereocenters. The highest BCUT2D eigenvalue weighted by molar-refractivity contribution is 5.92. The van der Waals surface area contributed by atoms with Gasteiger partial charge in [-0.1, -0.05) is 0 Å². The van der Waals surface area contributed by atoms with Crippen LogP contribution in [0.5, 0.6) is 17.2 Å². The number of rotatable bonds is 6. The molecule has 0 aromatic heterocycles. The van der Waals surface area contributed by atoms with Crippen molar-refractivity contribution in [3.8, 4) is 17.2 Å². The molecule has 0 radical (unpaired) electrons. The number of amides is 1. The average molecular weight is 277 g/mol. The Morgan fingerprint density at radius 1 is 1.15 bits per heavy atom. The molecule has 5 nitrogen and oxygen atoms in total. The van der Waals surface area contributed by atoms with Crippen LogP contribution >= 0.6 is 0 Å². The minimum absolute atomic E-state index is 0.0932. The van der Waals surface area contributed by atoms with Crippen LogP contribution < -0.4 is 19.5 Å². The maximum atomic E-state index is 11.6. The molecule has 0 unspecified atom stereocenters. The van der Waals surface area contributed by atoms with Crippen LogP contribution in [0.3, 0.4) is 0 Å². The standard InChI is InChI=1S/C15H19NO4/c1-18-12-8-4-10(14(19-2)15(12)20-3)5-9-13(17)16-11-6-7-11/h4-5,8-9,11H,6-7H2,1-3H3,(H,16,17). The lowest BCUT2D eigenvalue weighted by atomic mass is 10.1. The third kappa shape index (κ3) is 3.23. The molecule has 108 valence electrons. The topological polar surface area (TPSA) is 56.8 Å². The van der Waals surface area contributed by atoms with Gasteiger partial charge in [-0.15, -0.1) is 0 Å². The highest BCUT2D eigenvalue weighted by atomic mass is 16.5. The van der Waals surface area contributed by atoms with Gasteiger partial charge < -0.3 is 19.5 Å². The Labute approximate surface area is 118 Å². The van der Waals surface area contributed by atoms with Crippen LogP contribution in [0.25, 0.3) is 6.08 Å². The fourth-order valence-corrected chi connectivity index (χ4v) is 1.90. The van der Waals surface area contributed by atoms with Crippen molar-refractivity contribution in [1.82, 2.24) is 5.32 Å². The third-order valence-electron chi connectivity index (χ3n) is 3.07. The lowest BCUT2D eigenvalue weighted by molar-refractivity contribution is -0.116. The molecule has 0 saturated heterocycles. The SMILES string of the molecule is COc1ccc(C=CC(=O)NC2CC2)c(OC)c1OC. The van der Waals surface area contributed by atoms with Gasteiger partial charge >= 0.3 is 0 Å². The molecule has 20 heavy (non-hydrogen) atoms. The predicted octanol–water partition coefficient (Wildman–Crippen LogP) is 2.00. The van der Waals surface area contributed by atoms with E-state index in [1.807, 2.05) is 6.07 Å². The predicted molar refractivity (Wildman–Crippen MR) is 76.3 cm³/mol. The summed E-state index contributed by atoms with van der Waals surface area (Å²) in [5.41, 5.74) is 0.760. The maximum Gasteiger partial charge on any atom is 0.244 e. The van der Waals surface area contributed by atoms with Gasteiger partial charge in [-0.3, -0.25) is 4.79 Å². The molecule has 1 aliphatic rings. The first-order valence-electron chi connectivity index (χ1n) is 6.47. The van der Waals surface area contributed by atoms with E-state index in [4.69, 9.17) is 14.2 Å². The number of ether oxygens (including phenoxy) is 3. The van der Waals surface area contributed by atoms with Crippen LogP contribution in [-0.4, -0.2) is 33.3 Å². The molecule has 0 bridgehead atoms. The van der Waals surface area contributed by atoms with E-state index in [-0.39, 0.29) is 5.91 Å². The van der Waals surface area contributed by atoms with Crippen LogP contribution in [0.4, 0.5) is 0 Å². The van der Waals surface area contributed by atoms with Crippen LogP contribution in [0.15, 0.2) is 18.2 Å². The molecular formula is C15H19NO4. The molecule has 1 aliphatic carbocycles. The zero-order valence-corrected chi connectivity index (χ0v) is 11.9. The van der Waals surface area contributed by atoms with E-state index in [1.54, 1.807) is 33.5 Å². The van der Waals surface area contributed by atoms with Gasteiger partial charge in [0.1, 0.15) is 0 Å². The van der Waals surface area contributed by atoms with Crippen molar-refractivity contribution in [2.75, 3.05) is 21.3 Å². The summed E-state index contributed by atoms with van der Waals surface area (Å²) in [7, 11) is 4.67. The fourth-order valence-electron chi connectivity index (χ4n) is 1.90. The quantitative estimate of drug-likeness (QED) is 0.808. The number of methoxy groups -OCH3 is 3.